The molecule has 1 amide bonds. The van der Waals surface area contributed by atoms with E-state index >= 15 is 0 Å². The van der Waals surface area contributed by atoms with Crippen molar-refractivity contribution >= 4 is 11.9 Å². The molecule has 43 heavy (non-hydrogen) atoms. The maximum atomic E-state index is 12.9. The first-order valence-electron chi connectivity index (χ1n) is 14.5. The van der Waals surface area contributed by atoms with Gasteiger partial charge in [0.05, 0.1) is 24.4 Å². The molecule has 0 spiro atoms. The lowest BCUT2D eigenvalue weighted by Gasteiger charge is -2.48. The number of aromatic hydroxyl groups is 2. The van der Waals surface area contributed by atoms with Crippen molar-refractivity contribution in [1.82, 2.24) is 5.32 Å². The number of cyclic esters (lactones) is 1. The van der Waals surface area contributed by atoms with Gasteiger partial charge in [-0.05, 0) is 31.4 Å². The molecule has 2 aliphatic rings. The molecule has 3 rings (SSSR count). The molecule has 2 heterocycles. The molecule has 1 aromatic rings. The summed E-state index contributed by atoms with van der Waals surface area (Å²) in [6, 6.07) is 1.10. The molecule has 0 aliphatic carbocycles. The van der Waals surface area contributed by atoms with Crippen LogP contribution >= 0.6 is 0 Å². The zero-order valence-electron chi connectivity index (χ0n) is 26.0. The largest absolute Gasteiger partial charge is 0.508 e. The second kappa shape index (κ2) is 13.9. The number of ether oxygens (including phenoxy) is 4. The Kier molecular flexibility index (Phi) is 11.2. The molecular formula is C31H47NO11. The van der Waals surface area contributed by atoms with Crippen LogP contribution in [0.15, 0.2) is 18.2 Å². The predicted octanol–water partition coefficient (Wildman–Crippen LogP) is 1.85. The molecule has 1 aromatic carbocycles. The summed E-state index contributed by atoms with van der Waals surface area (Å²) in [6.45, 7) is 12.6. The monoisotopic (exact) mass is 609 g/mol. The second-order valence-corrected chi connectivity index (χ2v) is 12.5. The van der Waals surface area contributed by atoms with Crippen LogP contribution in [0.25, 0.3) is 0 Å². The van der Waals surface area contributed by atoms with Crippen molar-refractivity contribution in [2.45, 2.75) is 109 Å². The van der Waals surface area contributed by atoms with Gasteiger partial charge in [0.25, 0.3) is 5.91 Å². The molecule has 0 aromatic heterocycles. The van der Waals surface area contributed by atoms with Gasteiger partial charge in [0.2, 0.25) is 0 Å². The Bertz CT molecular complexity index is 1180. The van der Waals surface area contributed by atoms with E-state index in [1.807, 2.05) is 13.8 Å². The summed E-state index contributed by atoms with van der Waals surface area (Å²) in [5.41, 5.74) is 0.851. The summed E-state index contributed by atoms with van der Waals surface area (Å²) in [5, 5.41) is 56.0. The first-order valence-corrected chi connectivity index (χ1v) is 14.5. The lowest BCUT2D eigenvalue weighted by Crippen LogP contribution is -2.59. The SMILES string of the molecule is C=C(C)CC(OC)C(O)C(=O)N[C@H](OC)[C@@H]1CC(O)C(C)(C)C(CC(O)[C@@H](C)C2Cc3c(C)c(O)cc(O)c3C(=O)O2)O1. The van der Waals surface area contributed by atoms with Crippen molar-refractivity contribution in [2.24, 2.45) is 11.3 Å². The maximum Gasteiger partial charge on any atom is 0.342 e. The molecular weight excluding hydrogens is 562 g/mol. The number of amides is 1. The molecule has 9 atom stereocenters. The third kappa shape index (κ3) is 7.50. The number of esters is 1. The highest BCUT2D eigenvalue weighted by atomic mass is 16.6. The molecule has 1 saturated heterocycles. The molecule has 0 bridgehead atoms. The van der Waals surface area contributed by atoms with E-state index in [-0.39, 0.29) is 42.7 Å². The predicted molar refractivity (Wildman–Crippen MR) is 155 cm³/mol. The number of benzene rings is 1. The maximum absolute atomic E-state index is 12.9. The summed E-state index contributed by atoms with van der Waals surface area (Å²) in [6.07, 6.45) is -6.89. The number of carbonyl (C=O) groups excluding carboxylic acids is 2. The molecule has 12 heteroatoms. The van der Waals surface area contributed by atoms with Gasteiger partial charge in [0, 0.05) is 50.9 Å². The lowest BCUT2D eigenvalue weighted by atomic mass is 9.73. The summed E-state index contributed by atoms with van der Waals surface area (Å²) >= 11 is 0. The van der Waals surface area contributed by atoms with E-state index < -0.39 is 72.2 Å². The highest BCUT2D eigenvalue weighted by Gasteiger charge is 2.48. The minimum atomic E-state index is -1.50. The Morgan fingerprint density at radius 1 is 1.19 bits per heavy atom. The van der Waals surface area contributed by atoms with E-state index in [0.717, 1.165) is 11.6 Å². The van der Waals surface area contributed by atoms with Gasteiger partial charge in [0.15, 0.2) is 12.3 Å². The lowest BCUT2D eigenvalue weighted by molar-refractivity contribution is -0.217. The van der Waals surface area contributed by atoms with E-state index in [1.54, 1.807) is 20.8 Å². The van der Waals surface area contributed by atoms with Crippen molar-refractivity contribution in [3.63, 3.8) is 0 Å². The number of hydrogen-bond acceptors (Lipinski definition) is 11. The van der Waals surface area contributed by atoms with Crippen molar-refractivity contribution < 1.29 is 54.1 Å². The fourth-order valence-electron chi connectivity index (χ4n) is 5.80. The molecule has 1 fully saturated rings. The molecule has 12 nitrogen and oxygen atoms in total. The molecule has 0 saturated carbocycles. The summed E-state index contributed by atoms with van der Waals surface area (Å²) in [4.78, 5) is 25.6. The van der Waals surface area contributed by atoms with Crippen molar-refractivity contribution in [3.8, 4) is 11.5 Å². The van der Waals surface area contributed by atoms with Crippen molar-refractivity contribution in [3.05, 3.63) is 34.9 Å². The summed E-state index contributed by atoms with van der Waals surface area (Å²) in [7, 11) is 2.76. The summed E-state index contributed by atoms with van der Waals surface area (Å²) < 4.78 is 22.7. The van der Waals surface area contributed by atoms with Crippen LogP contribution in [-0.2, 0) is 30.2 Å². The average molecular weight is 610 g/mol. The van der Waals surface area contributed by atoms with E-state index in [1.165, 1.54) is 14.2 Å². The fraction of sp³-hybridized carbons (Fsp3) is 0.677. The van der Waals surface area contributed by atoms with Gasteiger partial charge in [-0.1, -0.05) is 26.3 Å². The fourth-order valence-corrected chi connectivity index (χ4v) is 5.80. The van der Waals surface area contributed by atoms with Gasteiger partial charge in [-0.3, -0.25) is 4.79 Å². The molecule has 6 unspecified atom stereocenters. The number of phenols is 2. The topological polar surface area (TPSA) is 184 Å². The van der Waals surface area contributed by atoms with Crippen molar-refractivity contribution in [1.29, 1.82) is 0 Å². The minimum Gasteiger partial charge on any atom is -0.508 e. The zero-order valence-corrected chi connectivity index (χ0v) is 26.0. The number of carbonyl (C=O) groups is 2. The van der Waals surface area contributed by atoms with E-state index in [4.69, 9.17) is 18.9 Å². The quantitative estimate of drug-likeness (QED) is 0.115. The van der Waals surface area contributed by atoms with Crippen LogP contribution in [0.3, 0.4) is 0 Å². The minimum absolute atomic E-state index is 0.00479. The standard InChI is InChI=1S/C31H47NO11/c1-14(2)9-22(40-7)27(37)28(38)32-29(41-8)23-13-24(36)31(5,6)25(42-23)12-19(34)16(4)21-10-17-15(3)18(33)11-20(35)26(17)30(39)43-21/h11,16,19,21-25,27,29,33-37H,1,9-10,12-13H2,2-8H3,(H,32,38)/t16-,19?,21?,22?,23+,24?,25?,27?,29-/m1/s1. The second-order valence-electron chi connectivity index (χ2n) is 12.5. The number of hydrogen-bond donors (Lipinski definition) is 6. The normalized spacial score (nSPS) is 26.8. The zero-order chi connectivity index (χ0) is 32.4. The number of aliphatic hydroxyl groups is 3. The van der Waals surface area contributed by atoms with Crippen LogP contribution in [-0.4, -0.2) is 101 Å². The number of rotatable bonds is 12. The number of fused-ring (bicyclic) bond motifs is 1. The first-order chi connectivity index (χ1) is 20.0. The Balaban J connectivity index is 1.73. The van der Waals surface area contributed by atoms with Gasteiger partial charge in [-0.25, -0.2) is 4.79 Å². The molecule has 0 radical (unpaired) electrons. The first kappa shape index (κ1) is 34.7. The number of nitrogens with one attached hydrogen (secondary N) is 1. The van der Waals surface area contributed by atoms with Gasteiger partial charge in [0.1, 0.15) is 29.3 Å². The van der Waals surface area contributed by atoms with Gasteiger partial charge in [-0.15, -0.1) is 6.58 Å². The number of methoxy groups -OCH3 is 2. The van der Waals surface area contributed by atoms with Gasteiger partial charge < -0.3 is 49.8 Å². The molecule has 6 N–H and O–H groups in total. The Hall–Kier alpha value is -2.74. The smallest absolute Gasteiger partial charge is 0.342 e. The Labute approximate surface area is 252 Å². The third-order valence-corrected chi connectivity index (χ3v) is 9.02. The van der Waals surface area contributed by atoms with Crippen LogP contribution in [0.2, 0.25) is 0 Å². The molecule has 2 aliphatic heterocycles. The highest BCUT2D eigenvalue weighted by molar-refractivity contribution is 5.96. The van der Waals surface area contributed by atoms with Crippen LogP contribution in [0, 0.1) is 18.3 Å². The van der Waals surface area contributed by atoms with Crippen LogP contribution in [0.4, 0.5) is 0 Å². The third-order valence-electron chi connectivity index (χ3n) is 9.02. The molecule has 242 valence electrons. The summed E-state index contributed by atoms with van der Waals surface area (Å²) in [5.74, 6) is -2.57. The van der Waals surface area contributed by atoms with E-state index in [2.05, 4.69) is 11.9 Å². The van der Waals surface area contributed by atoms with Gasteiger partial charge in [-0.2, -0.15) is 0 Å². The average Bonchev–Trinajstić information content (AvgIpc) is 2.94. The number of aliphatic hydroxyl groups excluding tert-OH is 3. The van der Waals surface area contributed by atoms with E-state index in [0.29, 0.717) is 11.1 Å². The van der Waals surface area contributed by atoms with E-state index in [9.17, 15) is 35.1 Å². The highest BCUT2D eigenvalue weighted by Crippen LogP contribution is 2.42. The van der Waals surface area contributed by atoms with Crippen molar-refractivity contribution in [2.75, 3.05) is 14.2 Å². The number of phenolic OH excluding ortho intramolecular Hbond substituents is 2. The van der Waals surface area contributed by atoms with Crippen LogP contribution < -0.4 is 5.32 Å². The Morgan fingerprint density at radius 3 is 2.42 bits per heavy atom. The Morgan fingerprint density at radius 2 is 1.84 bits per heavy atom. The van der Waals surface area contributed by atoms with Crippen LogP contribution in [0.1, 0.15) is 68.4 Å². The van der Waals surface area contributed by atoms with Gasteiger partial charge >= 0.3 is 5.97 Å². The van der Waals surface area contributed by atoms with Crippen LogP contribution in [0.5, 0.6) is 11.5 Å².